The fourth-order valence-corrected chi connectivity index (χ4v) is 1.96. The summed E-state index contributed by atoms with van der Waals surface area (Å²) < 4.78 is 1.84. The van der Waals surface area contributed by atoms with Gasteiger partial charge in [-0.3, -0.25) is 0 Å². The second-order valence-electron chi connectivity index (χ2n) is 4.28. The molecule has 0 aliphatic rings. The van der Waals surface area contributed by atoms with E-state index in [4.69, 9.17) is 0 Å². The minimum absolute atomic E-state index is 0.662. The Hall–Kier alpha value is -2.43. The van der Waals surface area contributed by atoms with E-state index in [1.807, 2.05) is 41.2 Å². The second kappa shape index (κ2) is 5.06. The zero-order chi connectivity index (χ0) is 13.1. The highest BCUT2D eigenvalue weighted by atomic mass is 15.2. The quantitative estimate of drug-likeness (QED) is 0.776. The first-order valence-electron chi connectivity index (χ1n) is 6.38. The van der Waals surface area contributed by atoms with E-state index in [2.05, 4.69) is 27.3 Å². The zero-order valence-electron chi connectivity index (χ0n) is 10.7. The van der Waals surface area contributed by atoms with Crippen LogP contribution in [0.5, 0.6) is 0 Å². The summed E-state index contributed by atoms with van der Waals surface area (Å²) >= 11 is 0. The van der Waals surface area contributed by atoms with Crippen LogP contribution in [0, 0.1) is 0 Å². The van der Waals surface area contributed by atoms with Gasteiger partial charge in [0.1, 0.15) is 0 Å². The molecule has 1 N–H and O–H groups in total. The van der Waals surface area contributed by atoms with Gasteiger partial charge in [0.15, 0.2) is 0 Å². The van der Waals surface area contributed by atoms with E-state index in [0.717, 1.165) is 29.7 Å². The SMILES string of the molecule is CCCNc1nccc(-c2cnn3ccccc23)n1. The molecule has 0 radical (unpaired) electrons. The van der Waals surface area contributed by atoms with Gasteiger partial charge in [0, 0.05) is 24.5 Å². The van der Waals surface area contributed by atoms with Gasteiger partial charge >= 0.3 is 0 Å². The summed E-state index contributed by atoms with van der Waals surface area (Å²) in [5.41, 5.74) is 2.94. The average molecular weight is 253 g/mol. The molecule has 5 heteroatoms. The molecule has 0 saturated carbocycles. The Labute approximate surface area is 111 Å². The van der Waals surface area contributed by atoms with Crippen molar-refractivity contribution in [3.8, 4) is 11.3 Å². The van der Waals surface area contributed by atoms with Crippen LogP contribution in [0.2, 0.25) is 0 Å². The molecule has 0 atom stereocenters. The molecule has 3 rings (SSSR count). The third-order valence-corrected chi connectivity index (χ3v) is 2.89. The summed E-state index contributed by atoms with van der Waals surface area (Å²) in [7, 11) is 0. The fourth-order valence-electron chi connectivity index (χ4n) is 1.96. The van der Waals surface area contributed by atoms with Gasteiger partial charge in [-0.05, 0) is 24.6 Å². The molecule has 0 bridgehead atoms. The van der Waals surface area contributed by atoms with Crippen LogP contribution in [0.3, 0.4) is 0 Å². The highest BCUT2D eigenvalue weighted by Crippen LogP contribution is 2.22. The van der Waals surface area contributed by atoms with E-state index in [0.29, 0.717) is 5.95 Å². The third-order valence-electron chi connectivity index (χ3n) is 2.89. The van der Waals surface area contributed by atoms with Gasteiger partial charge in [0.05, 0.1) is 17.4 Å². The topological polar surface area (TPSA) is 55.1 Å². The molecule has 5 nitrogen and oxygen atoms in total. The summed E-state index contributed by atoms with van der Waals surface area (Å²) in [6.45, 7) is 2.99. The van der Waals surface area contributed by atoms with Crippen LogP contribution < -0.4 is 5.32 Å². The first-order valence-corrected chi connectivity index (χ1v) is 6.38. The summed E-state index contributed by atoms with van der Waals surface area (Å²) in [4.78, 5) is 8.74. The summed E-state index contributed by atoms with van der Waals surface area (Å²) in [5, 5.41) is 7.52. The average Bonchev–Trinajstić information content (AvgIpc) is 2.89. The molecule has 3 aromatic heterocycles. The first kappa shape index (κ1) is 11.6. The number of hydrogen-bond donors (Lipinski definition) is 1. The number of pyridine rings is 1. The highest BCUT2D eigenvalue weighted by Gasteiger charge is 2.08. The number of nitrogens with one attached hydrogen (secondary N) is 1. The van der Waals surface area contributed by atoms with Crippen LogP contribution in [0.4, 0.5) is 5.95 Å². The number of nitrogens with zero attached hydrogens (tertiary/aromatic N) is 4. The maximum Gasteiger partial charge on any atom is 0.223 e. The lowest BCUT2D eigenvalue weighted by Crippen LogP contribution is -2.04. The van der Waals surface area contributed by atoms with Crippen molar-refractivity contribution in [1.29, 1.82) is 0 Å². The van der Waals surface area contributed by atoms with Gasteiger partial charge in [-0.2, -0.15) is 5.10 Å². The molecule has 96 valence electrons. The fraction of sp³-hybridized carbons (Fsp3) is 0.214. The Morgan fingerprint density at radius 2 is 2.21 bits per heavy atom. The molecular formula is C14H15N5. The molecule has 3 heterocycles. The Bertz CT molecular complexity index is 689. The van der Waals surface area contributed by atoms with Crippen LogP contribution >= 0.6 is 0 Å². The molecule has 0 saturated heterocycles. The number of fused-ring (bicyclic) bond motifs is 1. The van der Waals surface area contributed by atoms with Crippen molar-refractivity contribution in [1.82, 2.24) is 19.6 Å². The monoisotopic (exact) mass is 253 g/mol. The third kappa shape index (κ3) is 2.27. The summed E-state index contributed by atoms with van der Waals surface area (Å²) in [6.07, 6.45) is 6.58. The zero-order valence-corrected chi connectivity index (χ0v) is 10.7. The summed E-state index contributed by atoms with van der Waals surface area (Å²) in [6, 6.07) is 7.89. The molecule has 0 aliphatic heterocycles. The van der Waals surface area contributed by atoms with Gasteiger partial charge in [0.2, 0.25) is 5.95 Å². The van der Waals surface area contributed by atoms with Crippen molar-refractivity contribution < 1.29 is 0 Å². The Kier molecular flexibility index (Phi) is 3.10. The predicted octanol–water partition coefficient (Wildman–Crippen LogP) is 2.61. The first-order chi connectivity index (χ1) is 9.38. The molecule has 0 aromatic carbocycles. The van der Waals surface area contributed by atoms with Gasteiger partial charge in [-0.25, -0.2) is 14.5 Å². The van der Waals surface area contributed by atoms with E-state index in [9.17, 15) is 0 Å². The molecule has 19 heavy (non-hydrogen) atoms. The van der Waals surface area contributed by atoms with Crippen LogP contribution in [0.15, 0.2) is 42.9 Å². The number of aromatic nitrogens is 4. The lowest BCUT2D eigenvalue weighted by atomic mass is 10.2. The van der Waals surface area contributed by atoms with E-state index >= 15 is 0 Å². The van der Waals surface area contributed by atoms with Crippen LogP contribution in [0.25, 0.3) is 16.8 Å². The maximum absolute atomic E-state index is 4.53. The molecule has 0 amide bonds. The molecular weight excluding hydrogens is 238 g/mol. The smallest absolute Gasteiger partial charge is 0.223 e. The molecule has 0 fully saturated rings. The lowest BCUT2D eigenvalue weighted by molar-refractivity contribution is 0.953. The molecule has 0 unspecified atom stereocenters. The molecule has 3 aromatic rings. The normalized spacial score (nSPS) is 10.8. The van der Waals surface area contributed by atoms with E-state index < -0.39 is 0 Å². The number of rotatable bonds is 4. The van der Waals surface area contributed by atoms with Crippen LogP contribution in [0.1, 0.15) is 13.3 Å². The van der Waals surface area contributed by atoms with Gasteiger partial charge in [0.25, 0.3) is 0 Å². The van der Waals surface area contributed by atoms with E-state index in [1.54, 1.807) is 6.20 Å². The van der Waals surface area contributed by atoms with E-state index in [-0.39, 0.29) is 0 Å². The van der Waals surface area contributed by atoms with E-state index in [1.165, 1.54) is 0 Å². The van der Waals surface area contributed by atoms with Gasteiger partial charge in [-0.15, -0.1) is 0 Å². The minimum Gasteiger partial charge on any atom is -0.354 e. The van der Waals surface area contributed by atoms with Crippen LogP contribution in [-0.4, -0.2) is 26.1 Å². The molecule has 0 spiro atoms. The standard InChI is InChI=1S/C14H15N5/c1-2-7-15-14-16-8-6-12(18-14)11-10-17-19-9-4-3-5-13(11)19/h3-6,8-10H,2,7H2,1H3,(H,15,16,18). The van der Waals surface area contributed by atoms with Crippen molar-refractivity contribution in [3.63, 3.8) is 0 Å². The number of anilines is 1. The maximum atomic E-state index is 4.53. The second-order valence-corrected chi connectivity index (χ2v) is 4.28. The van der Waals surface area contributed by atoms with Crippen LogP contribution in [-0.2, 0) is 0 Å². The number of hydrogen-bond acceptors (Lipinski definition) is 4. The van der Waals surface area contributed by atoms with Crippen molar-refractivity contribution in [3.05, 3.63) is 42.9 Å². The highest BCUT2D eigenvalue weighted by molar-refractivity contribution is 5.77. The summed E-state index contributed by atoms with van der Waals surface area (Å²) in [5.74, 6) is 0.662. The van der Waals surface area contributed by atoms with Crippen molar-refractivity contribution >= 4 is 11.5 Å². The van der Waals surface area contributed by atoms with Crippen molar-refractivity contribution in [2.75, 3.05) is 11.9 Å². The Morgan fingerprint density at radius 3 is 3.11 bits per heavy atom. The van der Waals surface area contributed by atoms with Gasteiger partial charge in [-0.1, -0.05) is 13.0 Å². The molecule has 0 aliphatic carbocycles. The Balaban J connectivity index is 2.01. The van der Waals surface area contributed by atoms with Gasteiger partial charge < -0.3 is 5.32 Å². The Morgan fingerprint density at radius 1 is 1.26 bits per heavy atom. The largest absolute Gasteiger partial charge is 0.354 e. The van der Waals surface area contributed by atoms with Crippen molar-refractivity contribution in [2.24, 2.45) is 0 Å². The van der Waals surface area contributed by atoms with Crippen molar-refractivity contribution in [2.45, 2.75) is 13.3 Å². The minimum atomic E-state index is 0.662. The lowest BCUT2D eigenvalue weighted by Gasteiger charge is -2.04. The predicted molar refractivity (Wildman–Crippen MR) is 75.0 cm³/mol.